The smallest absolute Gasteiger partial charge is 0.233 e. The first-order valence-electron chi connectivity index (χ1n) is 8.07. The molecule has 0 unspecified atom stereocenters. The molecule has 2 aliphatic rings. The Bertz CT molecular complexity index is 670. The predicted octanol–water partition coefficient (Wildman–Crippen LogP) is 3.09. The number of amides is 3. The van der Waals surface area contributed by atoms with Crippen LogP contribution in [0.3, 0.4) is 0 Å². The van der Waals surface area contributed by atoms with Crippen molar-refractivity contribution in [2.45, 2.75) is 32.1 Å². The maximum atomic E-state index is 13.7. The summed E-state index contributed by atoms with van der Waals surface area (Å²) in [7, 11) is 0. The molecule has 0 aromatic heterocycles. The predicted molar refractivity (Wildman–Crippen MR) is 89.5 cm³/mol. The van der Waals surface area contributed by atoms with Gasteiger partial charge in [-0.1, -0.05) is 28.8 Å². The lowest BCUT2D eigenvalue weighted by atomic mass is 9.81. The van der Waals surface area contributed by atoms with Crippen molar-refractivity contribution in [3.63, 3.8) is 0 Å². The molecule has 2 fully saturated rings. The standard InChI is InChI=1S/C17H18BrFN2O3/c18-10-5-6-14(13(19)9-10)20-15(22)7-8-21-16(23)11-3-1-2-4-12(11)17(21)24/h5-6,9,11-12H,1-4,7-8H2,(H,20,22)/t11-,12-/m1/s1. The van der Waals surface area contributed by atoms with Crippen LogP contribution in [0.4, 0.5) is 10.1 Å². The molecule has 0 radical (unpaired) electrons. The summed E-state index contributed by atoms with van der Waals surface area (Å²) in [6, 6.07) is 4.34. The van der Waals surface area contributed by atoms with Crippen LogP contribution in [-0.2, 0) is 14.4 Å². The molecule has 128 valence electrons. The van der Waals surface area contributed by atoms with Gasteiger partial charge in [0.25, 0.3) is 0 Å². The van der Waals surface area contributed by atoms with E-state index in [9.17, 15) is 18.8 Å². The van der Waals surface area contributed by atoms with E-state index in [2.05, 4.69) is 21.2 Å². The minimum absolute atomic E-state index is 0.0353. The Morgan fingerprint density at radius 2 is 1.83 bits per heavy atom. The molecule has 24 heavy (non-hydrogen) atoms. The van der Waals surface area contributed by atoms with E-state index in [0.29, 0.717) is 4.47 Å². The maximum Gasteiger partial charge on any atom is 0.233 e. The van der Waals surface area contributed by atoms with E-state index < -0.39 is 11.7 Å². The maximum absolute atomic E-state index is 13.7. The van der Waals surface area contributed by atoms with Crippen LogP contribution < -0.4 is 5.32 Å². The highest BCUT2D eigenvalue weighted by Gasteiger charge is 2.47. The second kappa shape index (κ2) is 7.01. The lowest BCUT2D eigenvalue weighted by Crippen LogP contribution is -2.34. The number of likely N-dealkylation sites (tertiary alicyclic amines) is 1. The van der Waals surface area contributed by atoms with Gasteiger partial charge in [0, 0.05) is 17.4 Å². The van der Waals surface area contributed by atoms with Gasteiger partial charge in [-0.25, -0.2) is 4.39 Å². The lowest BCUT2D eigenvalue weighted by Gasteiger charge is -2.19. The molecule has 0 spiro atoms. The third kappa shape index (κ3) is 3.36. The van der Waals surface area contributed by atoms with Gasteiger partial charge in [0.15, 0.2) is 0 Å². The Morgan fingerprint density at radius 3 is 2.42 bits per heavy atom. The lowest BCUT2D eigenvalue weighted by molar-refractivity contribution is -0.140. The van der Waals surface area contributed by atoms with Crippen LogP contribution in [0.5, 0.6) is 0 Å². The molecule has 7 heteroatoms. The van der Waals surface area contributed by atoms with Crippen molar-refractivity contribution in [3.05, 3.63) is 28.5 Å². The molecular weight excluding hydrogens is 379 g/mol. The third-order valence-corrected chi connectivity index (χ3v) is 5.19. The van der Waals surface area contributed by atoms with E-state index in [1.165, 1.54) is 17.0 Å². The number of hydrogen-bond acceptors (Lipinski definition) is 3. The number of carbonyl (C=O) groups is 3. The first-order valence-corrected chi connectivity index (χ1v) is 8.87. The molecule has 1 aromatic carbocycles. The zero-order valence-electron chi connectivity index (χ0n) is 13.1. The van der Waals surface area contributed by atoms with Gasteiger partial charge in [0.2, 0.25) is 17.7 Å². The van der Waals surface area contributed by atoms with Crippen molar-refractivity contribution in [1.82, 2.24) is 4.90 Å². The van der Waals surface area contributed by atoms with Crippen LogP contribution >= 0.6 is 15.9 Å². The van der Waals surface area contributed by atoms with Gasteiger partial charge >= 0.3 is 0 Å². The summed E-state index contributed by atoms with van der Waals surface area (Å²) in [5, 5.41) is 2.47. The SMILES string of the molecule is O=C(CCN1C(=O)[C@@H]2CCCC[C@H]2C1=O)Nc1ccc(Br)cc1F. The fourth-order valence-corrected chi connectivity index (χ4v) is 3.80. The number of nitrogens with one attached hydrogen (secondary N) is 1. The largest absolute Gasteiger partial charge is 0.324 e. The summed E-state index contributed by atoms with van der Waals surface area (Å²) < 4.78 is 14.3. The van der Waals surface area contributed by atoms with Gasteiger partial charge in [-0.3, -0.25) is 19.3 Å². The van der Waals surface area contributed by atoms with E-state index in [4.69, 9.17) is 0 Å². The van der Waals surface area contributed by atoms with Crippen molar-refractivity contribution >= 4 is 39.3 Å². The monoisotopic (exact) mass is 396 g/mol. The highest BCUT2D eigenvalue weighted by molar-refractivity contribution is 9.10. The molecule has 1 saturated carbocycles. The van der Waals surface area contributed by atoms with Crippen LogP contribution in [0, 0.1) is 17.7 Å². The van der Waals surface area contributed by atoms with Crippen LogP contribution in [0.2, 0.25) is 0 Å². The van der Waals surface area contributed by atoms with Crippen molar-refractivity contribution in [2.24, 2.45) is 11.8 Å². The van der Waals surface area contributed by atoms with Gasteiger partial charge in [-0.05, 0) is 31.0 Å². The number of anilines is 1. The molecule has 1 N–H and O–H groups in total. The Balaban J connectivity index is 1.58. The van der Waals surface area contributed by atoms with E-state index in [1.54, 1.807) is 6.07 Å². The quantitative estimate of drug-likeness (QED) is 0.795. The molecular formula is C17H18BrFN2O3. The average molecular weight is 397 g/mol. The summed E-state index contributed by atoms with van der Waals surface area (Å²) in [6.45, 7) is 0.0502. The summed E-state index contributed by atoms with van der Waals surface area (Å²) in [5.41, 5.74) is 0.0796. The Morgan fingerprint density at radius 1 is 1.21 bits per heavy atom. The number of nitrogens with zero attached hydrogens (tertiary/aromatic N) is 1. The molecule has 1 aromatic rings. The number of carbonyl (C=O) groups excluding carboxylic acids is 3. The number of rotatable bonds is 4. The number of benzene rings is 1. The van der Waals surface area contributed by atoms with E-state index in [0.717, 1.165) is 25.7 Å². The van der Waals surface area contributed by atoms with Crippen molar-refractivity contribution in [1.29, 1.82) is 0 Å². The van der Waals surface area contributed by atoms with Gasteiger partial charge in [-0.15, -0.1) is 0 Å². The van der Waals surface area contributed by atoms with Crippen molar-refractivity contribution in [2.75, 3.05) is 11.9 Å². The van der Waals surface area contributed by atoms with Crippen molar-refractivity contribution < 1.29 is 18.8 Å². The molecule has 1 saturated heterocycles. The molecule has 1 aliphatic heterocycles. The number of hydrogen-bond donors (Lipinski definition) is 1. The molecule has 3 rings (SSSR count). The molecule has 1 aliphatic carbocycles. The normalized spacial score (nSPS) is 23.3. The zero-order chi connectivity index (χ0) is 17.3. The topological polar surface area (TPSA) is 66.5 Å². The zero-order valence-corrected chi connectivity index (χ0v) is 14.6. The van der Waals surface area contributed by atoms with Crippen LogP contribution in [0.25, 0.3) is 0 Å². The second-order valence-corrected chi connectivity index (χ2v) is 7.16. The minimum Gasteiger partial charge on any atom is -0.324 e. The van der Waals surface area contributed by atoms with E-state index in [-0.39, 0.29) is 42.3 Å². The number of halogens is 2. The Kier molecular flexibility index (Phi) is 4.99. The summed E-state index contributed by atoms with van der Waals surface area (Å²) in [6.07, 6.45) is 3.41. The highest BCUT2D eigenvalue weighted by Crippen LogP contribution is 2.38. The van der Waals surface area contributed by atoms with Gasteiger partial charge < -0.3 is 5.32 Å². The Labute approximate surface area is 147 Å². The minimum atomic E-state index is -0.544. The van der Waals surface area contributed by atoms with Crippen molar-refractivity contribution in [3.8, 4) is 0 Å². The second-order valence-electron chi connectivity index (χ2n) is 6.25. The average Bonchev–Trinajstić information content (AvgIpc) is 2.80. The van der Waals surface area contributed by atoms with Gasteiger partial charge in [-0.2, -0.15) is 0 Å². The fraction of sp³-hybridized carbons (Fsp3) is 0.471. The number of imide groups is 1. The summed E-state index contributed by atoms with van der Waals surface area (Å²) in [5.74, 6) is -1.71. The first kappa shape index (κ1) is 17.1. The molecule has 3 amide bonds. The van der Waals surface area contributed by atoms with Crippen LogP contribution in [0.15, 0.2) is 22.7 Å². The van der Waals surface area contributed by atoms with E-state index >= 15 is 0 Å². The summed E-state index contributed by atoms with van der Waals surface area (Å²) in [4.78, 5) is 37.8. The first-order chi connectivity index (χ1) is 11.5. The van der Waals surface area contributed by atoms with Gasteiger partial charge in [0.1, 0.15) is 5.82 Å². The fourth-order valence-electron chi connectivity index (χ4n) is 3.47. The van der Waals surface area contributed by atoms with E-state index in [1.807, 2.05) is 0 Å². The third-order valence-electron chi connectivity index (χ3n) is 4.70. The molecule has 0 bridgehead atoms. The Hall–Kier alpha value is -1.76. The van der Waals surface area contributed by atoms with Gasteiger partial charge in [0.05, 0.1) is 17.5 Å². The van der Waals surface area contributed by atoms with Crippen LogP contribution in [0.1, 0.15) is 32.1 Å². The van der Waals surface area contributed by atoms with Crippen LogP contribution in [-0.4, -0.2) is 29.2 Å². The molecule has 2 atom stereocenters. The summed E-state index contributed by atoms with van der Waals surface area (Å²) >= 11 is 3.15. The molecule has 1 heterocycles. The number of fused-ring (bicyclic) bond motifs is 1. The molecule has 5 nitrogen and oxygen atoms in total. The highest BCUT2D eigenvalue weighted by atomic mass is 79.9.